The molecular weight excluding hydrogens is 419 g/mol. The van der Waals surface area contributed by atoms with Gasteiger partial charge in [-0.15, -0.1) is 11.8 Å². The summed E-state index contributed by atoms with van der Waals surface area (Å²) in [7, 11) is 1.66. The van der Waals surface area contributed by atoms with Crippen LogP contribution in [0.25, 0.3) is 0 Å². The van der Waals surface area contributed by atoms with E-state index in [0.29, 0.717) is 0 Å². The maximum Gasteiger partial charge on any atom is 0.416 e. The number of aliphatic imine (C=N–C) groups is 1. The molecule has 31 heavy (non-hydrogen) atoms. The van der Waals surface area contributed by atoms with E-state index >= 15 is 0 Å². The van der Waals surface area contributed by atoms with Crippen molar-refractivity contribution in [1.29, 1.82) is 0 Å². The molecule has 3 aromatic rings. The molecule has 0 bridgehead atoms. The lowest BCUT2D eigenvalue weighted by molar-refractivity contribution is -0.137. The van der Waals surface area contributed by atoms with Crippen LogP contribution in [0.4, 0.5) is 18.9 Å². The fraction of sp³-hybridized carbons (Fsp3) is 0.240. The van der Waals surface area contributed by atoms with Crippen LogP contribution in [0.5, 0.6) is 5.75 Å². The van der Waals surface area contributed by atoms with Crippen LogP contribution in [-0.2, 0) is 12.6 Å². The largest absolute Gasteiger partial charge is 0.497 e. The number of benzene rings is 3. The standard InChI is InChI=1S/C25H20F3NOS/c1-30-18-11-13-19-16(14-18)8-12-20-23(19)29-21-4-2-3-5-22(21)31-24(20)15-6-9-17(10-7-15)25(26,27)28/h2-7,9-11,13-14,20,24H,8,12H2,1H3/t20-,24-/m0/s1. The summed E-state index contributed by atoms with van der Waals surface area (Å²) in [6, 6.07) is 19.7. The van der Waals surface area contributed by atoms with Gasteiger partial charge in [0.15, 0.2) is 0 Å². The second kappa shape index (κ2) is 7.75. The maximum absolute atomic E-state index is 13.1. The van der Waals surface area contributed by atoms with E-state index in [1.807, 2.05) is 30.3 Å². The molecule has 1 aliphatic heterocycles. The predicted molar refractivity (Wildman–Crippen MR) is 117 cm³/mol. The SMILES string of the molecule is COc1ccc2c(c1)CC[C@H]1C2=Nc2ccccc2S[C@H]1c1ccc(C(F)(F)F)cc1. The molecule has 0 N–H and O–H groups in total. The lowest BCUT2D eigenvalue weighted by Crippen LogP contribution is -2.27. The average molecular weight is 440 g/mol. The molecule has 0 radical (unpaired) electrons. The van der Waals surface area contributed by atoms with Crippen LogP contribution < -0.4 is 4.74 Å². The quantitative estimate of drug-likeness (QED) is 0.420. The summed E-state index contributed by atoms with van der Waals surface area (Å²) in [6.07, 6.45) is -2.58. The topological polar surface area (TPSA) is 21.6 Å². The highest BCUT2D eigenvalue weighted by molar-refractivity contribution is 7.99. The van der Waals surface area contributed by atoms with Gasteiger partial charge in [0.25, 0.3) is 0 Å². The normalized spacial score (nSPS) is 20.1. The molecule has 158 valence electrons. The Balaban J connectivity index is 1.62. The lowest BCUT2D eigenvalue weighted by Gasteiger charge is -2.32. The van der Waals surface area contributed by atoms with E-state index < -0.39 is 11.7 Å². The van der Waals surface area contributed by atoms with Crippen molar-refractivity contribution in [3.8, 4) is 5.75 Å². The van der Waals surface area contributed by atoms with Crippen LogP contribution in [0.3, 0.4) is 0 Å². The van der Waals surface area contributed by atoms with Crippen LogP contribution in [0, 0.1) is 5.92 Å². The molecule has 0 saturated carbocycles. The van der Waals surface area contributed by atoms with Gasteiger partial charge < -0.3 is 4.74 Å². The van der Waals surface area contributed by atoms with Gasteiger partial charge in [0.1, 0.15) is 5.75 Å². The third-order valence-electron chi connectivity index (χ3n) is 5.96. The molecular formula is C25H20F3NOS. The average Bonchev–Trinajstić information content (AvgIpc) is 2.95. The number of methoxy groups -OCH3 is 1. The smallest absolute Gasteiger partial charge is 0.416 e. The van der Waals surface area contributed by atoms with Gasteiger partial charge in [0.05, 0.1) is 24.1 Å². The summed E-state index contributed by atoms with van der Waals surface area (Å²) in [4.78, 5) is 6.11. The van der Waals surface area contributed by atoms with E-state index in [1.54, 1.807) is 31.0 Å². The van der Waals surface area contributed by atoms with Gasteiger partial charge in [-0.25, -0.2) is 0 Å². The van der Waals surface area contributed by atoms with Crippen molar-refractivity contribution < 1.29 is 17.9 Å². The minimum Gasteiger partial charge on any atom is -0.497 e. The van der Waals surface area contributed by atoms with E-state index in [9.17, 15) is 13.2 Å². The summed E-state index contributed by atoms with van der Waals surface area (Å²) in [5.74, 6) is 0.926. The zero-order chi connectivity index (χ0) is 21.6. The molecule has 1 aliphatic carbocycles. The Morgan fingerprint density at radius 1 is 1.00 bits per heavy atom. The highest BCUT2D eigenvalue weighted by atomic mass is 32.2. The number of fused-ring (bicyclic) bond motifs is 4. The van der Waals surface area contributed by atoms with Gasteiger partial charge in [-0.2, -0.15) is 13.2 Å². The van der Waals surface area contributed by atoms with Gasteiger partial charge in [0.2, 0.25) is 0 Å². The molecule has 3 aromatic carbocycles. The maximum atomic E-state index is 13.1. The molecule has 0 saturated heterocycles. The molecule has 0 amide bonds. The van der Waals surface area contributed by atoms with E-state index in [4.69, 9.17) is 9.73 Å². The zero-order valence-electron chi connectivity index (χ0n) is 16.8. The van der Waals surface area contributed by atoms with E-state index in [-0.39, 0.29) is 11.2 Å². The first-order valence-electron chi connectivity index (χ1n) is 10.1. The molecule has 2 nitrogen and oxygen atoms in total. The first kappa shape index (κ1) is 20.2. The van der Waals surface area contributed by atoms with Gasteiger partial charge in [0, 0.05) is 16.1 Å². The van der Waals surface area contributed by atoms with Crippen molar-refractivity contribution in [3.05, 3.63) is 89.0 Å². The summed E-state index contributed by atoms with van der Waals surface area (Å²) < 4.78 is 44.6. The fourth-order valence-electron chi connectivity index (χ4n) is 4.40. The fourth-order valence-corrected chi connectivity index (χ4v) is 5.79. The number of rotatable bonds is 2. The summed E-state index contributed by atoms with van der Waals surface area (Å²) in [5.41, 5.74) is 4.49. The number of halogens is 3. The van der Waals surface area contributed by atoms with Crippen LogP contribution in [0.1, 0.15) is 33.9 Å². The number of hydrogen-bond donors (Lipinski definition) is 0. The minimum absolute atomic E-state index is 0.0139. The molecule has 5 rings (SSSR count). The Morgan fingerprint density at radius 2 is 1.77 bits per heavy atom. The number of aryl methyl sites for hydroxylation is 1. The Morgan fingerprint density at radius 3 is 2.52 bits per heavy atom. The minimum atomic E-state index is -4.34. The summed E-state index contributed by atoms with van der Waals surface area (Å²) in [5, 5.41) is -0.0139. The third-order valence-corrected chi connectivity index (χ3v) is 7.41. The number of para-hydroxylation sites is 1. The molecule has 2 aliphatic rings. The molecule has 1 heterocycles. The second-order valence-electron chi connectivity index (χ2n) is 7.79. The van der Waals surface area contributed by atoms with Crippen molar-refractivity contribution in [2.45, 2.75) is 29.2 Å². The van der Waals surface area contributed by atoms with E-state index in [1.165, 1.54) is 17.7 Å². The number of nitrogens with zero attached hydrogens (tertiary/aromatic N) is 1. The van der Waals surface area contributed by atoms with Gasteiger partial charge in [-0.05, 0) is 72.0 Å². The molecule has 0 unspecified atom stereocenters. The number of hydrogen-bond acceptors (Lipinski definition) is 3. The van der Waals surface area contributed by atoms with Crippen molar-refractivity contribution in [3.63, 3.8) is 0 Å². The Hall–Kier alpha value is -2.73. The van der Waals surface area contributed by atoms with Gasteiger partial charge >= 0.3 is 6.18 Å². The monoisotopic (exact) mass is 439 g/mol. The predicted octanol–water partition coefficient (Wildman–Crippen LogP) is 7.24. The highest BCUT2D eigenvalue weighted by Gasteiger charge is 2.37. The molecule has 6 heteroatoms. The second-order valence-corrected chi connectivity index (χ2v) is 8.97. The number of thioether (sulfide) groups is 1. The Kier molecular flexibility index (Phi) is 5.05. The highest BCUT2D eigenvalue weighted by Crippen LogP contribution is 2.51. The van der Waals surface area contributed by atoms with Crippen LogP contribution >= 0.6 is 11.8 Å². The zero-order valence-corrected chi connectivity index (χ0v) is 17.6. The van der Waals surface area contributed by atoms with E-state index in [2.05, 4.69) is 12.1 Å². The summed E-state index contributed by atoms with van der Waals surface area (Å²) in [6.45, 7) is 0. The molecule has 0 aromatic heterocycles. The molecule has 0 fully saturated rings. The Bertz CT molecular complexity index is 1150. The van der Waals surface area contributed by atoms with Crippen molar-refractivity contribution >= 4 is 23.2 Å². The number of alkyl halides is 3. The third kappa shape index (κ3) is 3.74. The lowest BCUT2D eigenvalue weighted by atomic mass is 9.78. The van der Waals surface area contributed by atoms with Crippen molar-refractivity contribution in [2.75, 3.05) is 7.11 Å². The molecule has 2 atom stereocenters. The number of ether oxygens (including phenoxy) is 1. The first-order chi connectivity index (χ1) is 14.9. The summed E-state index contributed by atoms with van der Waals surface area (Å²) >= 11 is 1.69. The van der Waals surface area contributed by atoms with Crippen LogP contribution in [0.15, 0.2) is 76.6 Å². The van der Waals surface area contributed by atoms with Crippen molar-refractivity contribution in [1.82, 2.24) is 0 Å². The van der Waals surface area contributed by atoms with Gasteiger partial charge in [-0.1, -0.05) is 24.3 Å². The van der Waals surface area contributed by atoms with E-state index in [0.717, 1.165) is 46.0 Å². The van der Waals surface area contributed by atoms with Crippen molar-refractivity contribution in [2.24, 2.45) is 10.9 Å². The Labute approximate surface area is 183 Å². The van der Waals surface area contributed by atoms with Gasteiger partial charge in [-0.3, -0.25) is 4.99 Å². The van der Waals surface area contributed by atoms with Crippen LogP contribution in [0.2, 0.25) is 0 Å². The first-order valence-corrected chi connectivity index (χ1v) is 11.0. The molecule has 0 spiro atoms. The van der Waals surface area contributed by atoms with Crippen LogP contribution in [-0.4, -0.2) is 12.8 Å².